The predicted molar refractivity (Wildman–Crippen MR) is 84.7 cm³/mol. The van der Waals surface area contributed by atoms with Crippen LogP contribution in [0.1, 0.15) is 6.42 Å². The second kappa shape index (κ2) is 7.87. The number of nitrogens with zero attached hydrogens (tertiary/aromatic N) is 3. The zero-order valence-electron chi connectivity index (χ0n) is 12.9. The Hall–Kier alpha value is -1.77. The number of hydrogen-bond donors (Lipinski definition) is 1. The van der Waals surface area contributed by atoms with Crippen LogP contribution in [0.4, 0.5) is 5.69 Å². The second-order valence-corrected chi connectivity index (χ2v) is 5.26. The SMILES string of the molecule is CNC(C#N)CCN1CCN(c2ccccc2OC)CC1. The van der Waals surface area contributed by atoms with Crippen LogP contribution < -0.4 is 15.0 Å². The molecule has 1 saturated heterocycles. The number of rotatable bonds is 6. The molecule has 2 rings (SSSR count). The van der Waals surface area contributed by atoms with Gasteiger partial charge in [-0.05, 0) is 25.6 Å². The van der Waals surface area contributed by atoms with E-state index in [0.717, 1.165) is 44.9 Å². The maximum absolute atomic E-state index is 8.95. The first-order valence-corrected chi connectivity index (χ1v) is 7.45. The fraction of sp³-hybridized carbons (Fsp3) is 0.562. The number of piperazine rings is 1. The molecule has 0 saturated carbocycles. The maximum atomic E-state index is 8.95. The van der Waals surface area contributed by atoms with Gasteiger partial charge in [-0.15, -0.1) is 0 Å². The lowest BCUT2D eigenvalue weighted by atomic mass is 10.2. The third kappa shape index (κ3) is 4.10. The Kier molecular flexibility index (Phi) is 5.85. The van der Waals surface area contributed by atoms with Crippen molar-refractivity contribution in [2.75, 3.05) is 51.8 Å². The van der Waals surface area contributed by atoms with Gasteiger partial charge in [-0.25, -0.2) is 0 Å². The Morgan fingerprint density at radius 2 is 2.00 bits per heavy atom. The highest BCUT2D eigenvalue weighted by atomic mass is 16.5. The highest BCUT2D eigenvalue weighted by Crippen LogP contribution is 2.28. The van der Waals surface area contributed by atoms with Gasteiger partial charge in [0.05, 0.1) is 24.9 Å². The largest absolute Gasteiger partial charge is 0.495 e. The van der Waals surface area contributed by atoms with Crippen molar-refractivity contribution >= 4 is 5.69 Å². The summed E-state index contributed by atoms with van der Waals surface area (Å²) >= 11 is 0. The van der Waals surface area contributed by atoms with E-state index < -0.39 is 0 Å². The van der Waals surface area contributed by atoms with E-state index in [1.165, 1.54) is 5.69 Å². The van der Waals surface area contributed by atoms with Gasteiger partial charge in [-0.3, -0.25) is 4.90 Å². The summed E-state index contributed by atoms with van der Waals surface area (Å²) in [5.74, 6) is 0.936. The molecule has 114 valence electrons. The molecule has 1 unspecified atom stereocenters. The van der Waals surface area contributed by atoms with Gasteiger partial charge in [0.2, 0.25) is 0 Å². The van der Waals surface area contributed by atoms with Crippen LogP contribution in [0.25, 0.3) is 0 Å². The third-order valence-electron chi connectivity index (χ3n) is 4.04. The fourth-order valence-electron chi connectivity index (χ4n) is 2.69. The van der Waals surface area contributed by atoms with Crippen molar-refractivity contribution in [1.29, 1.82) is 5.26 Å². The van der Waals surface area contributed by atoms with Gasteiger partial charge in [0.15, 0.2) is 0 Å². The number of anilines is 1. The van der Waals surface area contributed by atoms with Crippen LogP contribution in [-0.4, -0.2) is 57.8 Å². The number of nitrogens with one attached hydrogen (secondary N) is 1. The molecule has 1 heterocycles. The lowest BCUT2D eigenvalue weighted by Crippen LogP contribution is -2.47. The van der Waals surface area contributed by atoms with E-state index in [9.17, 15) is 0 Å². The number of nitriles is 1. The van der Waals surface area contributed by atoms with Gasteiger partial charge >= 0.3 is 0 Å². The molecule has 1 aromatic carbocycles. The first kappa shape index (κ1) is 15.6. The third-order valence-corrected chi connectivity index (χ3v) is 4.04. The smallest absolute Gasteiger partial charge is 0.142 e. The summed E-state index contributed by atoms with van der Waals surface area (Å²) in [5, 5.41) is 12.0. The average molecular weight is 288 g/mol. The minimum Gasteiger partial charge on any atom is -0.495 e. The average Bonchev–Trinajstić information content (AvgIpc) is 2.56. The van der Waals surface area contributed by atoms with Crippen molar-refractivity contribution < 1.29 is 4.74 Å². The Morgan fingerprint density at radius 1 is 1.29 bits per heavy atom. The molecule has 0 spiro atoms. The van der Waals surface area contributed by atoms with Crippen LogP contribution in [-0.2, 0) is 0 Å². The summed E-state index contributed by atoms with van der Waals surface area (Å²) in [6.45, 7) is 5.02. The van der Waals surface area contributed by atoms with Crippen LogP contribution in [0.5, 0.6) is 5.75 Å². The molecule has 1 fully saturated rings. The van der Waals surface area contributed by atoms with Gasteiger partial charge in [-0.1, -0.05) is 12.1 Å². The van der Waals surface area contributed by atoms with Crippen molar-refractivity contribution in [1.82, 2.24) is 10.2 Å². The number of ether oxygens (including phenoxy) is 1. The lowest BCUT2D eigenvalue weighted by molar-refractivity contribution is 0.249. The van der Waals surface area contributed by atoms with Gasteiger partial charge in [0.25, 0.3) is 0 Å². The maximum Gasteiger partial charge on any atom is 0.142 e. The Balaban J connectivity index is 1.84. The molecule has 5 nitrogen and oxygen atoms in total. The van der Waals surface area contributed by atoms with E-state index in [2.05, 4.69) is 33.3 Å². The van der Waals surface area contributed by atoms with Crippen LogP contribution in [0, 0.1) is 11.3 Å². The normalized spacial score (nSPS) is 17.3. The molecule has 0 aliphatic carbocycles. The van der Waals surface area contributed by atoms with Crippen molar-refractivity contribution in [3.05, 3.63) is 24.3 Å². The van der Waals surface area contributed by atoms with Gasteiger partial charge < -0.3 is 15.0 Å². The summed E-state index contributed by atoms with van der Waals surface area (Å²) < 4.78 is 5.43. The quantitative estimate of drug-likeness (QED) is 0.855. The number of methoxy groups -OCH3 is 1. The molecule has 1 atom stereocenters. The predicted octanol–water partition coefficient (Wildman–Crippen LogP) is 1.32. The molecular weight excluding hydrogens is 264 g/mol. The second-order valence-electron chi connectivity index (χ2n) is 5.26. The Morgan fingerprint density at radius 3 is 2.62 bits per heavy atom. The molecule has 1 aromatic rings. The zero-order valence-corrected chi connectivity index (χ0v) is 12.9. The molecule has 0 amide bonds. The minimum absolute atomic E-state index is 0.0442. The van der Waals surface area contributed by atoms with Crippen LogP contribution in [0.3, 0.4) is 0 Å². The first-order chi connectivity index (χ1) is 10.3. The van der Waals surface area contributed by atoms with E-state index >= 15 is 0 Å². The molecular formula is C16H24N4O. The van der Waals surface area contributed by atoms with E-state index in [0.29, 0.717) is 0 Å². The highest BCUT2D eigenvalue weighted by Gasteiger charge is 2.19. The Labute approximate surface area is 127 Å². The standard InChI is InChI=1S/C16H24N4O/c1-18-14(13-17)7-8-19-9-11-20(12-10-19)15-5-3-4-6-16(15)21-2/h3-6,14,18H,7-12H2,1-2H3. The van der Waals surface area contributed by atoms with E-state index in [1.54, 1.807) is 7.11 Å². The first-order valence-electron chi connectivity index (χ1n) is 7.45. The van der Waals surface area contributed by atoms with E-state index in [-0.39, 0.29) is 6.04 Å². The van der Waals surface area contributed by atoms with Crippen LogP contribution >= 0.6 is 0 Å². The summed E-state index contributed by atoms with van der Waals surface area (Å²) in [7, 11) is 3.56. The zero-order chi connectivity index (χ0) is 15.1. The van der Waals surface area contributed by atoms with Gasteiger partial charge in [-0.2, -0.15) is 5.26 Å². The minimum atomic E-state index is -0.0442. The summed E-state index contributed by atoms with van der Waals surface area (Å²) in [6, 6.07) is 10.4. The molecule has 0 radical (unpaired) electrons. The van der Waals surface area contributed by atoms with Crippen LogP contribution in [0.2, 0.25) is 0 Å². The fourth-order valence-corrected chi connectivity index (χ4v) is 2.69. The van der Waals surface area contributed by atoms with Crippen molar-refractivity contribution in [3.8, 4) is 11.8 Å². The van der Waals surface area contributed by atoms with Crippen LogP contribution in [0.15, 0.2) is 24.3 Å². The number of hydrogen-bond acceptors (Lipinski definition) is 5. The van der Waals surface area contributed by atoms with Crippen molar-refractivity contribution in [3.63, 3.8) is 0 Å². The molecule has 0 aromatic heterocycles. The molecule has 21 heavy (non-hydrogen) atoms. The van der Waals surface area contributed by atoms with E-state index in [4.69, 9.17) is 10.00 Å². The molecule has 1 N–H and O–H groups in total. The summed E-state index contributed by atoms with van der Waals surface area (Å²) in [5.41, 5.74) is 1.17. The highest BCUT2D eigenvalue weighted by molar-refractivity contribution is 5.58. The van der Waals surface area contributed by atoms with Crippen molar-refractivity contribution in [2.24, 2.45) is 0 Å². The molecule has 0 bridgehead atoms. The molecule has 1 aliphatic heterocycles. The monoisotopic (exact) mass is 288 g/mol. The van der Waals surface area contributed by atoms with Gasteiger partial charge in [0.1, 0.15) is 5.75 Å². The summed E-state index contributed by atoms with van der Waals surface area (Å²) in [4.78, 5) is 4.79. The number of benzene rings is 1. The number of para-hydroxylation sites is 2. The molecule has 1 aliphatic rings. The lowest BCUT2D eigenvalue weighted by Gasteiger charge is -2.36. The van der Waals surface area contributed by atoms with Crippen molar-refractivity contribution in [2.45, 2.75) is 12.5 Å². The topological polar surface area (TPSA) is 51.5 Å². The summed E-state index contributed by atoms with van der Waals surface area (Å²) in [6.07, 6.45) is 0.877. The molecule has 5 heteroatoms. The van der Waals surface area contributed by atoms with E-state index in [1.807, 2.05) is 19.2 Å². The van der Waals surface area contributed by atoms with Gasteiger partial charge in [0, 0.05) is 32.7 Å². The Bertz CT molecular complexity index is 477.